The number of hydrogen-bond acceptors (Lipinski definition) is 3. The summed E-state index contributed by atoms with van der Waals surface area (Å²) in [6, 6.07) is 3.93. The molecule has 0 fully saturated rings. The number of thiophene rings is 1. The number of benzene rings is 1. The molecule has 1 aromatic heterocycles. The molecule has 14 heavy (non-hydrogen) atoms. The van der Waals surface area contributed by atoms with Crippen molar-refractivity contribution in [1.29, 1.82) is 0 Å². The topological polar surface area (TPSA) is 29.5 Å². The van der Waals surface area contributed by atoms with Gasteiger partial charge in [0.25, 0.3) is 0 Å². The molecule has 4 heteroatoms. The predicted molar refractivity (Wildman–Crippen MR) is 62.7 cm³/mol. The highest BCUT2D eigenvalue weighted by Gasteiger charge is 2.12. The van der Waals surface area contributed by atoms with Crippen LogP contribution in [0.1, 0.15) is 5.56 Å². The second-order valence-electron chi connectivity index (χ2n) is 2.88. The molecule has 1 aromatic carbocycles. The smallest absolute Gasteiger partial charge is 0.169 e. The molecular formula is C10H9BrO2S. The van der Waals surface area contributed by atoms with E-state index in [1.54, 1.807) is 18.4 Å². The number of ether oxygens (including phenoxy) is 1. The van der Waals surface area contributed by atoms with E-state index in [9.17, 15) is 5.11 Å². The molecule has 1 N–H and O–H groups in total. The van der Waals surface area contributed by atoms with Crippen molar-refractivity contribution in [2.75, 3.05) is 7.11 Å². The second-order valence-corrected chi connectivity index (χ2v) is 4.39. The Balaban J connectivity index is 2.80. The fraction of sp³-hybridized carbons (Fsp3) is 0.200. The number of phenols is 1. The summed E-state index contributed by atoms with van der Waals surface area (Å²) in [4.78, 5) is 0. The molecule has 0 saturated carbocycles. The minimum Gasteiger partial charge on any atom is -0.504 e. The summed E-state index contributed by atoms with van der Waals surface area (Å²) in [5.74, 6) is 0.800. The van der Waals surface area contributed by atoms with Crippen molar-refractivity contribution in [3.63, 3.8) is 0 Å². The fourth-order valence-corrected chi connectivity index (χ4v) is 2.71. The van der Waals surface area contributed by atoms with E-state index in [0.717, 1.165) is 15.6 Å². The molecule has 0 unspecified atom stereocenters. The molecule has 0 aliphatic carbocycles. The van der Waals surface area contributed by atoms with Gasteiger partial charge in [0.2, 0.25) is 0 Å². The van der Waals surface area contributed by atoms with Gasteiger partial charge in [0, 0.05) is 21.0 Å². The molecule has 0 bridgehead atoms. The van der Waals surface area contributed by atoms with Crippen LogP contribution in [-0.4, -0.2) is 12.2 Å². The Hall–Kier alpha value is -0.740. The zero-order chi connectivity index (χ0) is 10.1. The van der Waals surface area contributed by atoms with E-state index in [2.05, 4.69) is 15.9 Å². The predicted octanol–water partition coefficient (Wildman–Crippen LogP) is 3.51. The lowest BCUT2D eigenvalue weighted by Gasteiger charge is -2.08. The second kappa shape index (κ2) is 3.79. The van der Waals surface area contributed by atoms with E-state index in [1.165, 1.54) is 0 Å². The van der Waals surface area contributed by atoms with Gasteiger partial charge in [-0.05, 0) is 17.5 Å². The van der Waals surface area contributed by atoms with Crippen LogP contribution in [0, 0.1) is 0 Å². The standard InChI is InChI=1S/C10H9BrO2S/c1-13-10-7-2-3-14-8(7)4-6(5-11)9(10)12/h2-4,12H,5H2,1H3. The highest BCUT2D eigenvalue weighted by atomic mass is 79.9. The highest BCUT2D eigenvalue weighted by Crippen LogP contribution is 2.40. The van der Waals surface area contributed by atoms with Gasteiger partial charge < -0.3 is 9.84 Å². The SMILES string of the molecule is COc1c(O)c(CBr)cc2sccc12. The van der Waals surface area contributed by atoms with Gasteiger partial charge in [0.1, 0.15) is 0 Å². The Labute approximate surface area is 94.3 Å². The molecule has 2 aromatic rings. The Morgan fingerprint density at radius 3 is 3.00 bits per heavy atom. The zero-order valence-electron chi connectivity index (χ0n) is 7.58. The lowest BCUT2D eigenvalue weighted by molar-refractivity contribution is 0.376. The van der Waals surface area contributed by atoms with Crippen LogP contribution in [0.2, 0.25) is 0 Å². The van der Waals surface area contributed by atoms with Gasteiger partial charge in [-0.25, -0.2) is 0 Å². The largest absolute Gasteiger partial charge is 0.504 e. The first-order chi connectivity index (χ1) is 6.77. The molecule has 74 valence electrons. The molecule has 0 atom stereocenters. The van der Waals surface area contributed by atoms with Crippen LogP contribution in [-0.2, 0) is 5.33 Å². The average Bonchev–Trinajstić information content (AvgIpc) is 2.64. The number of hydrogen-bond donors (Lipinski definition) is 1. The fourth-order valence-electron chi connectivity index (χ4n) is 1.43. The van der Waals surface area contributed by atoms with E-state index >= 15 is 0 Å². The van der Waals surface area contributed by atoms with E-state index in [1.807, 2.05) is 17.5 Å². The number of aromatic hydroxyl groups is 1. The van der Waals surface area contributed by atoms with Crippen molar-refractivity contribution in [1.82, 2.24) is 0 Å². The minimum atomic E-state index is 0.232. The third-order valence-corrected chi connectivity index (χ3v) is 3.58. The van der Waals surface area contributed by atoms with Crippen LogP contribution < -0.4 is 4.74 Å². The van der Waals surface area contributed by atoms with Gasteiger partial charge in [-0.1, -0.05) is 15.9 Å². The van der Waals surface area contributed by atoms with E-state index in [-0.39, 0.29) is 5.75 Å². The first kappa shape index (κ1) is 9.80. The van der Waals surface area contributed by atoms with Crippen molar-refractivity contribution in [3.05, 3.63) is 23.1 Å². The average molecular weight is 273 g/mol. The summed E-state index contributed by atoms with van der Waals surface area (Å²) in [5, 5.41) is 13.4. The van der Waals surface area contributed by atoms with Crippen LogP contribution in [0.5, 0.6) is 11.5 Å². The monoisotopic (exact) mass is 272 g/mol. The highest BCUT2D eigenvalue weighted by molar-refractivity contribution is 9.08. The maximum atomic E-state index is 9.85. The van der Waals surface area contributed by atoms with Crippen molar-refractivity contribution < 1.29 is 9.84 Å². The number of phenolic OH excluding ortho intramolecular Hbond substituents is 1. The van der Waals surface area contributed by atoms with Crippen LogP contribution in [0.15, 0.2) is 17.5 Å². The van der Waals surface area contributed by atoms with Crippen LogP contribution in [0.3, 0.4) is 0 Å². The third kappa shape index (κ3) is 1.38. The van der Waals surface area contributed by atoms with Crippen LogP contribution in [0.25, 0.3) is 10.1 Å². The molecular weight excluding hydrogens is 264 g/mol. The Morgan fingerprint density at radius 2 is 2.36 bits per heavy atom. The summed E-state index contributed by atoms with van der Waals surface area (Å²) in [7, 11) is 1.57. The number of fused-ring (bicyclic) bond motifs is 1. The van der Waals surface area contributed by atoms with E-state index in [0.29, 0.717) is 11.1 Å². The maximum absolute atomic E-state index is 9.85. The van der Waals surface area contributed by atoms with Gasteiger partial charge in [0.15, 0.2) is 11.5 Å². The third-order valence-electron chi connectivity index (χ3n) is 2.11. The minimum absolute atomic E-state index is 0.232. The Morgan fingerprint density at radius 1 is 1.57 bits per heavy atom. The van der Waals surface area contributed by atoms with Gasteiger partial charge >= 0.3 is 0 Å². The summed E-state index contributed by atoms with van der Waals surface area (Å²) in [5.41, 5.74) is 0.858. The molecule has 0 amide bonds. The number of rotatable bonds is 2. The van der Waals surface area contributed by atoms with Crippen molar-refractivity contribution in [2.45, 2.75) is 5.33 Å². The molecule has 0 aliphatic rings. The van der Waals surface area contributed by atoms with Crippen molar-refractivity contribution >= 4 is 37.4 Å². The van der Waals surface area contributed by atoms with E-state index in [4.69, 9.17) is 4.74 Å². The number of methoxy groups -OCH3 is 1. The van der Waals surface area contributed by atoms with Crippen molar-refractivity contribution in [2.24, 2.45) is 0 Å². The number of halogens is 1. The van der Waals surface area contributed by atoms with Crippen LogP contribution in [0.4, 0.5) is 0 Å². The van der Waals surface area contributed by atoms with E-state index < -0.39 is 0 Å². The lowest BCUT2D eigenvalue weighted by atomic mass is 10.1. The normalized spacial score (nSPS) is 10.7. The quantitative estimate of drug-likeness (QED) is 0.848. The Kier molecular flexibility index (Phi) is 2.65. The first-order valence-electron chi connectivity index (χ1n) is 4.10. The molecule has 2 rings (SSSR count). The van der Waals surface area contributed by atoms with Gasteiger partial charge in [-0.15, -0.1) is 11.3 Å². The molecule has 0 saturated heterocycles. The lowest BCUT2D eigenvalue weighted by Crippen LogP contribution is -1.88. The summed E-state index contributed by atoms with van der Waals surface area (Å²) in [6.07, 6.45) is 0. The molecule has 0 radical (unpaired) electrons. The Bertz CT molecular complexity index is 464. The summed E-state index contributed by atoms with van der Waals surface area (Å²) < 4.78 is 6.33. The number of alkyl halides is 1. The first-order valence-corrected chi connectivity index (χ1v) is 6.10. The van der Waals surface area contributed by atoms with Crippen molar-refractivity contribution in [3.8, 4) is 11.5 Å². The summed E-state index contributed by atoms with van der Waals surface area (Å²) in [6.45, 7) is 0. The zero-order valence-corrected chi connectivity index (χ0v) is 9.98. The molecule has 0 aliphatic heterocycles. The molecule has 2 nitrogen and oxygen atoms in total. The molecule has 0 spiro atoms. The summed E-state index contributed by atoms with van der Waals surface area (Å²) >= 11 is 4.98. The van der Waals surface area contributed by atoms with Crippen LogP contribution >= 0.6 is 27.3 Å². The van der Waals surface area contributed by atoms with Gasteiger partial charge in [-0.3, -0.25) is 0 Å². The molecule has 1 heterocycles. The van der Waals surface area contributed by atoms with Gasteiger partial charge in [-0.2, -0.15) is 0 Å². The maximum Gasteiger partial charge on any atom is 0.169 e. The van der Waals surface area contributed by atoms with Gasteiger partial charge in [0.05, 0.1) is 7.11 Å².